The fourth-order valence-electron chi connectivity index (χ4n) is 5.23. The van der Waals surface area contributed by atoms with Crippen LogP contribution in [0.5, 0.6) is 0 Å². The van der Waals surface area contributed by atoms with Crippen molar-refractivity contribution in [1.29, 1.82) is 0 Å². The lowest BCUT2D eigenvalue weighted by molar-refractivity contribution is 0.763. The summed E-state index contributed by atoms with van der Waals surface area (Å²) < 4.78 is 0. The van der Waals surface area contributed by atoms with Crippen LogP contribution in [0.3, 0.4) is 0 Å². The molecule has 1 heterocycles. The molecule has 0 aromatic heterocycles. The molecular formula is C25H34P2. The van der Waals surface area contributed by atoms with Gasteiger partial charge in [-0.25, -0.2) is 0 Å². The third-order valence-electron chi connectivity index (χ3n) is 5.69. The number of aryl methyl sites for hydroxylation is 6. The smallest absolute Gasteiger partial charge is 0.0600 e. The minimum Gasteiger partial charge on any atom is -0.0788 e. The monoisotopic (exact) mass is 396 g/mol. The normalized spacial score (nSPS) is 23.0. The largest absolute Gasteiger partial charge is 0.0788 e. The molecule has 2 heteroatoms. The first-order chi connectivity index (χ1) is 12.4. The molecule has 1 unspecified atom stereocenters. The summed E-state index contributed by atoms with van der Waals surface area (Å²) in [7, 11) is 1.23. The van der Waals surface area contributed by atoms with Crippen molar-refractivity contribution < 1.29 is 0 Å². The van der Waals surface area contributed by atoms with Crippen molar-refractivity contribution in [2.24, 2.45) is 0 Å². The first kappa shape index (κ1) is 20.8. The standard InChI is InChI=1S/C25H34P2/c1-15-11-17(3)21(18(4)12-15)23-26-25(10,27(23)24(7,8)9)22-19(5)13-16(2)14-20(22)6/h11-14H,1-10H3/t25-,27?/m0/s1. The van der Waals surface area contributed by atoms with Crippen molar-refractivity contribution >= 4 is 21.2 Å². The summed E-state index contributed by atoms with van der Waals surface area (Å²) in [6.07, 6.45) is 0. The zero-order valence-electron chi connectivity index (χ0n) is 18.7. The minimum absolute atomic E-state index is 0.245. The van der Waals surface area contributed by atoms with E-state index in [0.29, 0.717) is 0 Å². The predicted octanol–water partition coefficient (Wildman–Crippen LogP) is 8.13. The Hall–Kier alpha value is -0.960. The van der Waals surface area contributed by atoms with Crippen molar-refractivity contribution in [1.82, 2.24) is 0 Å². The molecule has 2 atom stereocenters. The van der Waals surface area contributed by atoms with Gasteiger partial charge >= 0.3 is 0 Å². The van der Waals surface area contributed by atoms with E-state index in [4.69, 9.17) is 0 Å². The summed E-state index contributed by atoms with van der Waals surface area (Å²) >= 11 is 0. The molecule has 144 valence electrons. The van der Waals surface area contributed by atoms with Crippen molar-refractivity contribution in [3.63, 3.8) is 0 Å². The Balaban J connectivity index is 2.25. The van der Waals surface area contributed by atoms with Crippen molar-refractivity contribution in [3.05, 3.63) is 68.8 Å². The van der Waals surface area contributed by atoms with E-state index in [0.717, 1.165) is 0 Å². The molecule has 0 bridgehead atoms. The van der Waals surface area contributed by atoms with Gasteiger partial charge in [0.05, 0.1) is 4.90 Å². The highest BCUT2D eigenvalue weighted by atomic mass is 31.2. The molecule has 0 saturated heterocycles. The van der Waals surface area contributed by atoms with Crippen LogP contribution < -0.4 is 0 Å². The maximum absolute atomic E-state index is 2.53. The fourth-order valence-corrected chi connectivity index (χ4v) is 13.8. The van der Waals surface area contributed by atoms with E-state index in [-0.39, 0.29) is 18.0 Å². The second-order valence-corrected chi connectivity index (χ2v) is 15.1. The van der Waals surface area contributed by atoms with Crippen molar-refractivity contribution in [2.45, 2.75) is 79.3 Å². The molecule has 0 saturated carbocycles. The van der Waals surface area contributed by atoms with Crippen molar-refractivity contribution in [3.8, 4) is 0 Å². The van der Waals surface area contributed by atoms with E-state index in [1.807, 2.05) is 0 Å². The zero-order valence-corrected chi connectivity index (χ0v) is 20.5. The Morgan fingerprint density at radius 3 is 1.56 bits per heavy atom. The summed E-state index contributed by atoms with van der Waals surface area (Å²) in [5, 5.41) is 1.99. The zero-order chi connectivity index (χ0) is 20.3. The first-order valence-electron chi connectivity index (χ1n) is 9.93. The molecule has 2 aromatic carbocycles. The molecule has 0 nitrogen and oxygen atoms in total. The Bertz CT molecular complexity index is 897. The SMILES string of the molecule is Cc1cc(C)c(C2=P[C@](C)(c3c(C)cc(C)cc3C)P2C(C)(C)C)c(C)c1. The van der Waals surface area contributed by atoms with Gasteiger partial charge in [0.15, 0.2) is 0 Å². The molecular weight excluding hydrogens is 362 g/mol. The van der Waals surface area contributed by atoms with Crippen molar-refractivity contribution in [2.75, 3.05) is 0 Å². The lowest BCUT2D eigenvalue weighted by Crippen LogP contribution is -2.36. The molecule has 0 fully saturated rings. The topological polar surface area (TPSA) is 0 Å². The van der Waals surface area contributed by atoms with Gasteiger partial charge in [0.1, 0.15) is 0 Å². The van der Waals surface area contributed by atoms with E-state index in [2.05, 4.69) is 93.5 Å². The summed E-state index contributed by atoms with van der Waals surface area (Å²) in [5.41, 5.74) is 11.7. The number of hydrogen-bond donors (Lipinski definition) is 0. The van der Waals surface area contributed by atoms with E-state index in [1.165, 1.54) is 41.6 Å². The van der Waals surface area contributed by atoms with Gasteiger partial charge in [0.25, 0.3) is 0 Å². The van der Waals surface area contributed by atoms with Gasteiger partial charge in [-0.1, -0.05) is 64.4 Å². The quantitative estimate of drug-likeness (QED) is 0.450. The number of rotatable bonds is 2. The second kappa shape index (κ2) is 6.83. The first-order valence-corrected chi connectivity index (χ1v) is 12.2. The molecule has 0 N–H and O–H groups in total. The molecule has 0 radical (unpaired) electrons. The molecule has 27 heavy (non-hydrogen) atoms. The van der Waals surface area contributed by atoms with E-state index in [9.17, 15) is 0 Å². The highest BCUT2D eigenvalue weighted by Crippen LogP contribution is 2.79. The lowest BCUT2D eigenvalue weighted by Gasteiger charge is -2.53. The van der Waals surface area contributed by atoms with Gasteiger partial charge < -0.3 is 0 Å². The van der Waals surface area contributed by atoms with Crippen LogP contribution in [-0.2, 0) is 4.90 Å². The summed E-state index contributed by atoms with van der Waals surface area (Å²) in [6, 6.07) is 9.47. The Labute approximate surface area is 169 Å². The molecule has 3 rings (SSSR count). The van der Waals surface area contributed by atoms with E-state index in [1.54, 1.807) is 16.2 Å². The predicted molar refractivity (Wildman–Crippen MR) is 126 cm³/mol. The van der Waals surface area contributed by atoms with Crippen LogP contribution in [0.25, 0.3) is 0 Å². The molecule has 0 aliphatic carbocycles. The molecule has 0 amide bonds. The van der Waals surface area contributed by atoms with Crippen LogP contribution in [0.4, 0.5) is 0 Å². The molecule has 1 aliphatic rings. The molecule has 0 spiro atoms. The van der Waals surface area contributed by atoms with E-state index < -0.39 is 0 Å². The molecule has 2 aromatic rings. The minimum atomic E-state index is -0.280. The van der Waals surface area contributed by atoms with Gasteiger partial charge in [0, 0.05) is 5.03 Å². The molecule has 1 aliphatic heterocycles. The van der Waals surface area contributed by atoms with Gasteiger partial charge in [0.2, 0.25) is 0 Å². The van der Waals surface area contributed by atoms with Crippen LogP contribution in [0.2, 0.25) is 0 Å². The Morgan fingerprint density at radius 1 is 0.741 bits per heavy atom. The highest BCUT2D eigenvalue weighted by molar-refractivity contribution is 8.00. The maximum atomic E-state index is 2.53. The average molecular weight is 396 g/mol. The Morgan fingerprint density at radius 2 is 1.15 bits per heavy atom. The van der Waals surface area contributed by atoms with Crippen LogP contribution in [0, 0.1) is 41.5 Å². The van der Waals surface area contributed by atoms with Crippen LogP contribution in [0.1, 0.15) is 72.2 Å². The second-order valence-electron chi connectivity index (χ2n) is 9.51. The van der Waals surface area contributed by atoms with E-state index >= 15 is 0 Å². The summed E-state index contributed by atoms with van der Waals surface area (Å²) in [6.45, 7) is 23.5. The Kier molecular flexibility index (Phi) is 5.25. The van der Waals surface area contributed by atoms with Crippen LogP contribution >= 0.6 is 16.1 Å². The number of benzene rings is 2. The van der Waals surface area contributed by atoms with Crippen LogP contribution in [0.15, 0.2) is 24.3 Å². The van der Waals surface area contributed by atoms with Gasteiger partial charge in [-0.3, -0.25) is 0 Å². The van der Waals surface area contributed by atoms with Gasteiger partial charge in [-0.2, -0.15) is 0 Å². The average Bonchev–Trinajstić information content (AvgIpc) is 2.41. The lowest BCUT2D eigenvalue weighted by atomic mass is 9.97. The highest BCUT2D eigenvalue weighted by Gasteiger charge is 2.52. The fraction of sp³-hybridized carbons (Fsp3) is 0.480. The van der Waals surface area contributed by atoms with Crippen LogP contribution in [-0.4, -0.2) is 10.2 Å². The summed E-state index contributed by atoms with van der Waals surface area (Å²) in [5.74, 6) is 0. The third-order valence-corrected chi connectivity index (χ3v) is 11.7. The summed E-state index contributed by atoms with van der Waals surface area (Å²) in [4.78, 5) is 0.245. The number of hydrogen-bond acceptors (Lipinski definition) is 0. The third kappa shape index (κ3) is 3.45. The van der Waals surface area contributed by atoms with Gasteiger partial charge in [-0.15, -0.1) is 0 Å². The maximum Gasteiger partial charge on any atom is 0.0600 e. The van der Waals surface area contributed by atoms with Gasteiger partial charge in [-0.05, 0) is 94.9 Å².